The van der Waals surface area contributed by atoms with Gasteiger partial charge in [-0.05, 0) is 42.3 Å². The van der Waals surface area contributed by atoms with Crippen LogP contribution in [0.3, 0.4) is 0 Å². The largest absolute Gasteiger partial charge is 0.467 e. The molecule has 4 heteroatoms. The van der Waals surface area contributed by atoms with Gasteiger partial charge in [-0.3, -0.25) is 0 Å². The molecule has 1 aliphatic carbocycles. The third-order valence-corrected chi connectivity index (χ3v) is 3.66. The van der Waals surface area contributed by atoms with Gasteiger partial charge in [0.05, 0.1) is 5.02 Å². The van der Waals surface area contributed by atoms with Crippen molar-refractivity contribution in [2.45, 2.75) is 18.8 Å². The molecule has 0 aliphatic heterocycles. The maximum Gasteiger partial charge on any atom is 0.188 e. The van der Waals surface area contributed by atoms with E-state index in [9.17, 15) is 4.39 Å². The van der Waals surface area contributed by atoms with Gasteiger partial charge >= 0.3 is 0 Å². The number of rotatable bonds is 4. The molecule has 0 N–H and O–H groups in total. The van der Waals surface area contributed by atoms with Gasteiger partial charge in [-0.2, -0.15) is 0 Å². The van der Waals surface area contributed by atoms with Gasteiger partial charge < -0.3 is 9.47 Å². The van der Waals surface area contributed by atoms with E-state index < -0.39 is 0 Å². The molecule has 1 aliphatic rings. The standard InChI is InChI=1S/C15H14ClFO2/c1-18-8-19-11-6-10-4-5-13(17)15(9-2-3-9)14(10)12(16)7-11/h4-7,9H,2-3,8H2,1H3. The topological polar surface area (TPSA) is 18.5 Å². The fourth-order valence-electron chi connectivity index (χ4n) is 2.37. The smallest absolute Gasteiger partial charge is 0.188 e. The molecule has 0 unspecified atom stereocenters. The van der Waals surface area contributed by atoms with Crippen LogP contribution in [0, 0.1) is 5.82 Å². The number of halogens is 2. The summed E-state index contributed by atoms with van der Waals surface area (Å²) in [6.07, 6.45) is 2.07. The Bertz CT molecular complexity index is 623. The van der Waals surface area contributed by atoms with Crippen molar-refractivity contribution in [3.63, 3.8) is 0 Å². The molecule has 0 bridgehead atoms. The molecule has 0 radical (unpaired) electrons. The highest BCUT2D eigenvalue weighted by molar-refractivity contribution is 6.36. The molecular formula is C15H14ClFO2. The SMILES string of the molecule is COCOc1cc(Cl)c2c(C3CC3)c(F)ccc2c1. The van der Waals surface area contributed by atoms with Crippen molar-refractivity contribution in [3.05, 3.63) is 40.7 Å². The Kier molecular flexibility index (Phi) is 3.33. The van der Waals surface area contributed by atoms with Crippen LogP contribution in [0.2, 0.25) is 5.02 Å². The Balaban J connectivity index is 2.13. The van der Waals surface area contributed by atoms with Gasteiger partial charge in [-0.25, -0.2) is 4.39 Å². The van der Waals surface area contributed by atoms with Crippen molar-refractivity contribution >= 4 is 22.4 Å². The van der Waals surface area contributed by atoms with Crippen molar-refractivity contribution in [2.75, 3.05) is 13.9 Å². The molecule has 1 saturated carbocycles. The maximum atomic E-state index is 14.0. The second-order valence-electron chi connectivity index (χ2n) is 4.79. The molecule has 0 amide bonds. The summed E-state index contributed by atoms with van der Waals surface area (Å²) in [5, 5.41) is 2.25. The second kappa shape index (κ2) is 4.99. The fraction of sp³-hybridized carbons (Fsp3) is 0.333. The normalized spacial score (nSPS) is 14.9. The molecule has 3 rings (SSSR count). The van der Waals surface area contributed by atoms with Crippen LogP contribution in [0.4, 0.5) is 4.39 Å². The zero-order chi connectivity index (χ0) is 13.4. The average Bonchev–Trinajstić information content (AvgIpc) is 3.21. The minimum absolute atomic E-state index is 0.164. The summed E-state index contributed by atoms with van der Waals surface area (Å²) < 4.78 is 24.2. The lowest BCUT2D eigenvalue weighted by molar-refractivity contribution is 0.0512. The van der Waals surface area contributed by atoms with Crippen LogP contribution in [-0.2, 0) is 4.74 Å². The highest BCUT2D eigenvalue weighted by Gasteiger charge is 2.29. The van der Waals surface area contributed by atoms with Gasteiger partial charge in [-0.1, -0.05) is 17.7 Å². The summed E-state index contributed by atoms with van der Waals surface area (Å²) in [5.41, 5.74) is 0.751. The van der Waals surface area contributed by atoms with Crippen LogP contribution in [0.25, 0.3) is 10.8 Å². The lowest BCUT2D eigenvalue weighted by Gasteiger charge is -2.12. The Morgan fingerprint density at radius 1 is 1.32 bits per heavy atom. The van der Waals surface area contributed by atoms with Gasteiger partial charge in [0.15, 0.2) is 6.79 Å². The van der Waals surface area contributed by atoms with Gasteiger partial charge in [0.2, 0.25) is 0 Å². The average molecular weight is 281 g/mol. The fourth-order valence-corrected chi connectivity index (χ4v) is 2.69. The first-order valence-corrected chi connectivity index (χ1v) is 6.62. The minimum atomic E-state index is -0.164. The zero-order valence-electron chi connectivity index (χ0n) is 10.6. The first kappa shape index (κ1) is 12.7. The van der Waals surface area contributed by atoms with Crippen molar-refractivity contribution in [1.82, 2.24) is 0 Å². The second-order valence-corrected chi connectivity index (χ2v) is 5.20. The van der Waals surface area contributed by atoms with Gasteiger partial charge in [-0.15, -0.1) is 0 Å². The molecular weight excluding hydrogens is 267 g/mol. The first-order valence-electron chi connectivity index (χ1n) is 6.24. The third-order valence-electron chi connectivity index (χ3n) is 3.36. The first-order chi connectivity index (χ1) is 9.20. The van der Waals surface area contributed by atoms with E-state index in [1.807, 2.05) is 6.07 Å². The number of benzene rings is 2. The number of hydrogen-bond donors (Lipinski definition) is 0. The molecule has 2 nitrogen and oxygen atoms in total. The van der Waals surface area contributed by atoms with Crippen LogP contribution in [0.1, 0.15) is 24.3 Å². The van der Waals surface area contributed by atoms with Crippen LogP contribution >= 0.6 is 11.6 Å². The van der Waals surface area contributed by atoms with E-state index in [1.54, 1.807) is 19.2 Å². The molecule has 0 spiro atoms. The van der Waals surface area contributed by atoms with E-state index in [-0.39, 0.29) is 12.6 Å². The summed E-state index contributed by atoms with van der Waals surface area (Å²) in [5.74, 6) is 0.780. The van der Waals surface area contributed by atoms with Crippen molar-refractivity contribution < 1.29 is 13.9 Å². The summed E-state index contributed by atoms with van der Waals surface area (Å²) in [6.45, 7) is 0.165. The van der Waals surface area contributed by atoms with Crippen LogP contribution in [0.5, 0.6) is 5.75 Å². The summed E-state index contributed by atoms with van der Waals surface area (Å²) >= 11 is 6.30. The maximum absolute atomic E-state index is 14.0. The third kappa shape index (κ3) is 2.40. The Morgan fingerprint density at radius 3 is 2.79 bits per heavy atom. The molecule has 1 fully saturated rings. The monoisotopic (exact) mass is 280 g/mol. The number of fused-ring (bicyclic) bond motifs is 1. The molecule has 0 aromatic heterocycles. The van der Waals surface area contributed by atoms with Crippen molar-refractivity contribution in [3.8, 4) is 5.75 Å². The predicted molar refractivity (Wildman–Crippen MR) is 73.4 cm³/mol. The van der Waals surface area contributed by atoms with E-state index in [2.05, 4.69) is 0 Å². The lowest BCUT2D eigenvalue weighted by atomic mass is 10.00. The summed E-state index contributed by atoms with van der Waals surface area (Å²) in [7, 11) is 1.56. The van der Waals surface area contributed by atoms with E-state index in [1.165, 1.54) is 6.07 Å². The van der Waals surface area contributed by atoms with Crippen LogP contribution in [-0.4, -0.2) is 13.9 Å². The molecule has 100 valence electrons. The molecule has 2 aromatic carbocycles. The van der Waals surface area contributed by atoms with Gasteiger partial charge in [0.25, 0.3) is 0 Å². The summed E-state index contributed by atoms with van der Waals surface area (Å²) in [4.78, 5) is 0. The van der Waals surface area contributed by atoms with E-state index >= 15 is 0 Å². The van der Waals surface area contributed by atoms with Crippen LogP contribution in [0.15, 0.2) is 24.3 Å². The number of hydrogen-bond acceptors (Lipinski definition) is 2. The molecule has 2 aromatic rings. The van der Waals surface area contributed by atoms with Gasteiger partial charge in [0.1, 0.15) is 11.6 Å². The van der Waals surface area contributed by atoms with Crippen LogP contribution < -0.4 is 4.74 Å². The molecule has 0 atom stereocenters. The number of methoxy groups -OCH3 is 1. The highest BCUT2D eigenvalue weighted by atomic mass is 35.5. The summed E-state index contributed by atoms with van der Waals surface area (Å²) in [6, 6.07) is 6.83. The highest BCUT2D eigenvalue weighted by Crippen LogP contribution is 2.46. The predicted octanol–water partition coefficient (Wildman–Crippen LogP) is 4.49. The lowest BCUT2D eigenvalue weighted by Crippen LogP contribution is -1.99. The Labute approximate surface area is 116 Å². The van der Waals surface area contributed by atoms with Crippen molar-refractivity contribution in [1.29, 1.82) is 0 Å². The Morgan fingerprint density at radius 2 is 2.11 bits per heavy atom. The van der Waals surface area contributed by atoms with E-state index in [0.717, 1.165) is 29.2 Å². The molecule has 19 heavy (non-hydrogen) atoms. The minimum Gasteiger partial charge on any atom is -0.467 e. The van der Waals surface area contributed by atoms with E-state index in [4.69, 9.17) is 21.1 Å². The Hall–Kier alpha value is -1.32. The zero-order valence-corrected chi connectivity index (χ0v) is 11.3. The number of ether oxygens (including phenoxy) is 2. The van der Waals surface area contributed by atoms with Crippen molar-refractivity contribution in [2.24, 2.45) is 0 Å². The van der Waals surface area contributed by atoms with Gasteiger partial charge in [0, 0.05) is 18.1 Å². The molecule has 0 heterocycles. The quantitative estimate of drug-likeness (QED) is 0.768. The van der Waals surface area contributed by atoms with E-state index in [0.29, 0.717) is 16.7 Å². The molecule has 0 saturated heterocycles.